The zero-order valence-corrected chi connectivity index (χ0v) is 10.4. The van der Waals surface area contributed by atoms with Gasteiger partial charge in [0.25, 0.3) is 0 Å². The average molecular weight is 243 g/mol. The number of aromatic nitrogens is 1. The molecule has 0 spiro atoms. The highest BCUT2D eigenvalue weighted by atomic mass is 16.3. The Morgan fingerprint density at radius 3 is 2.94 bits per heavy atom. The van der Waals surface area contributed by atoms with Crippen LogP contribution in [0, 0.1) is 0 Å². The summed E-state index contributed by atoms with van der Waals surface area (Å²) in [5.74, 6) is 0. The summed E-state index contributed by atoms with van der Waals surface area (Å²) >= 11 is 0. The molecule has 94 valence electrons. The van der Waals surface area contributed by atoms with Crippen molar-refractivity contribution < 1.29 is 5.11 Å². The lowest BCUT2D eigenvalue weighted by Gasteiger charge is -2.22. The van der Waals surface area contributed by atoms with Crippen molar-refractivity contribution in [3.8, 4) is 0 Å². The Labute approximate surface area is 106 Å². The summed E-state index contributed by atoms with van der Waals surface area (Å²) in [5, 5.41) is 11.2. The number of nitrogen functional groups attached to an aromatic ring is 1. The number of aliphatic hydroxyl groups is 1. The van der Waals surface area contributed by atoms with Gasteiger partial charge in [-0.1, -0.05) is 0 Å². The highest BCUT2D eigenvalue weighted by Gasteiger charge is 2.31. The van der Waals surface area contributed by atoms with Crippen molar-refractivity contribution in [2.75, 3.05) is 23.7 Å². The van der Waals surface area contributed by atoms with Gasteiger partial charge >= 0.3 is 0 Å². The largest absolute Gasteiger partial charge is 0.399 e. The molecule has 1 aliphatic rings. The van der Waals surface area contributed by atoms with Gasteiger partial charge < -0.3 is 15.7 Å². The molecule has 4 heteroatoms. The van der Waals surface area contributed by atoms with Gasteiger partial charge in [0.05, 0.1) is 11.1 Å². The first-order valence-corrected chi connectivity index (χ1v) is 6.17. The molecule has 2 heterocycles. The number of nitrogens with zero attached hydrogens (tertiary/aromatic N) is 2. The Balaban J connectivity index is 2.07. The molecule has 1 atom stereocenters. The van der Waals surface area contributed by atoms with E-state index < -0.39 is 5.60 Å². The van der Waals surface area contributed by atoms with Crippen molar-refractivity contribution in [3.05, 3.63) is 30.5 Å². The number of benzene rings is 1. The second-order valence-electron chi connectivity index (χ2n) is 5.28. The zero-order valence-electron chi connectivity index (χ0n) is 10.4. The first-order valence-electron chi connectivity index (χ1n) is 6.17. The number of pyridine rings is 1. The molecule has 0 aliphatic carbocycles. The van der Waals surface area contributed by atoms with E-state index in [9.17, 15) is 5.11 Å². The van der Waals surface area contributed by atoms with Gasteiger partial charge in [0, 0.05) is 36.0 Å². The van der Waals surface area contributed by atoms with Crippen LogP contribution in [0.5, 0.6) is 0 Å². The van der Waals surface area contributed by atoms with E-state index in [2.05, 4.69) is 9.88 Å². The van der Waals surface area contributed by atoms with Gasteiger partial charge in [-0.2, -0.15) is 0 Å². The molecule has 0 amide bonds. The Hall–Kier alpha value is -1.81. The second kappa shape index (κ2) is 3.85. The van der Waals surface area contributed by atoms with Crippen molar-refractivity contribution in [1.29, 1.82) is 0 Å². The summed E-state index contributed by atoms with van der Waals surface area (Å²) in [6.45, 7) is 3.42. The van der Waals surface area contributed by atoms with Gasteiger partial charge in [0.1, 0.15) is 0 Å². The molecule has 0 radical (unpaired) electrons. The van der Waals surface area contributed by atoms with Gasteiger partial charge in [0.15, 0.2) is 0 Å². The molecule has 0 saturated carbocycles. The van der Waals surface area contributed by atoms with E-state index in [1.54, 1.807) is 6.20 Å². The van der Waals surface area contributed by atoms with E-state index in [4.69, 9.17) is 5.73 Å². The van der Waals surface area contributed by atoms with Crippen LogP contribution in [0.1, 0.15) is 13.3 Å². The lowest BCUT2D eigenvalue weighted by molar-refractivity contribution is 0.0839. The van der Waals surface area contributed by atoms with Crippen LogP contribution in [-0.2, 0) is 0 Å². The molecule has 0 bridgehead atoms. The SMILES string of the molecule is CC1(O)CCN(c2ccnc3cc(N)ccc23)C1. The molecule has 1 aromatic heterocycles. The Kier molecular flexibility index (Phi) is 2.41. The van der Waals surface area contributed by atoms with Crippen LogP contribution in [0.2, 0.25) is 0 Å². The summed E-state index contributed by atoms with van der Waals surface area (Å²) in [6, 6.07) is 7.77. The molecule has 4 nitrogen and oxygen atoms in total. The summed E-state index contributed by atoms with van der Waals surface area (Å²) in [6.07, 6.45) is 2.59. The maximum absolute atomic E-state index is 10.1. The Morgan fingerprint density at radius 1 is 1.39 bits per heavy atom. The van der Waals surface area contributed by atoms with Gasteiger partial charge in [-0.25, -0.2) is 0 Å². The number of fused-ring (bicyclic) bond motifs is 1. The normalized spacial score (nSPS) is 23.8. The molecule has 3 N–H and O–H groups in total. The van der Waals surface area contributed by atoms with Crippen LogP contribution in [-0.4, -0.2) is 28.8 Å². The third-order valence-corrected chi connectivity index (χ3v) is 3.54. The molecule has 2 aromatic rings. The van der Waals surface area contributed by atoms with Crippen LogP contribution < -0.4 is 10.6 Å². The molecule has 3 rings (SSSR count). The van der Waals surface area contributed by atoms with Crippen LogP contribution in [0.4, 0.5) is 11.4 Å². The summed E-state index contributed by atoms with van der Waals surface area (Å²) < 4.78 is 0. The molecular weight excluding hydrogens is 226 g/mol. The van der Waals surface area contributed by atoms with E-state index in [-0.39, 0.29) is 0 Å². The Bertz CT molecular complexity index is 595. The van der Waals surface area contributed by atoms with E-state index in [0.29, 0.717) is 6.54 Å². The second-order valence-corrected chi connectivity index (χ2v) is 5.28. The molecule has 1 unspecified atom stereocenters. The lowest BCUT2D eigenvalue weighted by atomic mass is 10.1. The fourth-order valence-electron chi connectivity index (χ4n) is 2.58. The fourth-order valence-corrected chi connectivity index (χ4v) is 2.58. The highest BCUT2D eigenvalue weighted by molar-refractivity contribution is 5.93. The standard InChI is InChI=1S/C14H17N3O/c1-14(18)5-7-17(9-14)13-4-6-16-12-8-10(15)2-3-11(12)13/h2-4,6,8,18H,5,7,9,15H2,1H3. The van der Waals surface area contributed by atoms with Gasteiger partial charge in [-0.05, 0) is 37.6 Å². The van der Waals surface area contributed by atoms with Gasteiger partial charge in [-0.15, -0.1) is 0 Å². The van der Waals surface area contributed by atoms with E-state index in [0.717, 1.165) is 35.2 Å². The van der Waals surface area contributed by atoms with Gasteiger partial charge in [-0.3, -0.25) is 4.98 Å². The van der Waals surface area contributed by atoms with Crippen molar-refractivity contribution >= 4 is 22.3 Å². The fraction of sp³-hybridized carbons (Fsp3) is 0.357. The zero-order chi connectivity index (χ0) is 12.8. The third-order valence-electron chi connectivity index (χ3n) is 3.54. The minimum Gasteiger partial charge on any atom is -0.399 e. The number of nitrogens with two attached hydrogens (primary N) is 1. The van der Waals surface area contributed by atoms with E-state index >= 15 is 0 Å². The molecular formula is C14H17N3O. The summed E-state index contributed by atoms with van der Waals surface area (Å²) in [5.41, 5.74) is 7.93. The topological polar surface area (TPSA) is 62.4 Å². The van der Waals surface area contributed by atoms with E-state index in [1.165, 1.54) is 0 Å². The van der Waals surface area contributed by atoms with Crippen molar-refractivity contribution in [1.82, 2.24) is 4.98 Å². The third kappa shape index (κ3) is 1.88. The number of rotatable bonds is 1. The number of anilines is 2. The quantitative estimate of drug-likeness (QED) is 0.749. The minimum absolute atomic E-state index is 0.594. The van der Waals surface area contributed by atoms with Crippen LogP contribution in [0.15, 0.2) is 30.5 Å². The maximum Gasteiger partial charge on any atom is 0.0810 e. The molecule has 1 fully saturated rings. The maximum atomic E-state index is 10.1. The first kappa shape index (κ1) is 11.3. The summed E-state index contributed by atoms with van der Waals surface area (Å²) in [7, 11) is 0. The first-order chi connectivity index (χ1) is 8.55. The number of hydrogen-bond donors (Lipinski definition) is 2. The van der Waals surface area contributed by atoms with Crippen LogP contribution in [0.3, 0.4) is 0 Å². The van der Waals surface area contributed by atoms with Crippen molar-refractivity contribution in [2.24, 2.45) is 0 Å². The predicted molar refractivity (Wildman–Crippen MR) is 73.6 cm³/mol. The Morgan fingerprint density at radius 2 is 2.22 bits per heavy atom. The minimum atomic E-state index is -0.594. The molecule has 18 heavy (non-hydrogen) atoms. The van der Waals surface area contributed by atoms with Crippen LogP contribution in [0.25, 0.3) is 10.9 Å². The van der Waals surface area contributed by atoms with Crippen molar-refractivity contribution in [2.45, 2.75) is 18.9 Å². The molecule has 1 aliphatic heterocycles. The number of hydrogen-bond acceptors (Lipinski definition) is 4. The average Bonchev–Trinajstić information content (AvgIpc) is 2.68. The summed E-state index contributed by atoms with van der Waals surface area (Å²) in [4.78, 5) is 6.55. The predicted octanol–water partition coefficient (Wildman–Crippen LogP) is 1.78. The monoisotopic (exact) mass is 243 g/mol. The lowest BCUT2D eigenvalue weighted by Crippen LogP contribution is -2.29. The molecule has 1 aromatic carbocycles. The molecule has 1 saturated heterocycles. The highest BCUT2D eigenvalue weighted by Crippen LogP contribution is 2.31. The number of β-amino-alcohol motifs (C(OH)–C–C–N with tert-alkyl or cyclic N) is 1. The van der Waals surface area contributed by atoms with E-state index in [1.807, 2.05) is 31.2 Å². The van der Waals surface area contributed by atoms with Gasteiger partial charge in [0.2, 0.25) is 0 Å². The van der Waals surface area contributed by atoms with Crippen molar-refractivity contribution in [3.63, 3.8) is 0 Å². The van der Waals surface area contributed by atoms with Crippen LogP contribution >= 0.6 is 0 Å². The smallest absolute Gasteiger partial charge is 0.0810 e.